The molecule has 0 unspecified atom stereocenters. The number of thiophene rings is 1. The van der Waals surface area contributed by atoms with Gasteiger partial charge in [-0.2, -0.15) is 0 Å². The monoisotopic (exact) mass is 691 g/mol. The number of hydrogen-bond acceptors (Lipinski definition) is 2. The number of benzene rings is 9. The van der Waals surface area contributed by atoms with Crippen molar-refractivity contribution in [2.75, 3.05) is 0 Å². The Kier molecular flexibility index (Phi) is 5.96. The molecule has 0 spiro atoms. The molecule has 246 valence electrons. The molecule has 0 aliphatic carbocycles. The molecule has 0 saturated carbocycles. The molecule has 53 heavy (non-hydrogen) atoms. The Morgan fingerprint density at radius 1 is 0.415 bits per heavy atom. The average Bonchev–Trinajstić information content (AvgIpc) is 3.90. The Balaban J connectivity index is 1.13. The fourth-order valence-corrected chi connectivity index (χ4v) is 10.1. The highest BCUT2D eigenvalue weighted by molar-refractivity contribution is 7.27. The van der Waals surface area contributed by atoms with E-state index in [0.717, 1.165) is 27.6 Å². The fourth-order valence-electron chi connectivity index (χ4n) is 8.79. The largest absolute Gasteiger partial charge is 0.456 e. The number of aromatic nitrogens is 1. The second kappa shape index (κ2) is 10.9. The van der Waals surface area contributed by atoms with Gasteiger partial charge in [0.25, 0.3) is 0 Å². The van der Waals surface area contributed by atoms with Crippen molar-refractivity contribution in [2.45, 2.75) is 0 Å². The standard InChI is InChI=1S/C50H29NOS/c1-2-11-30(12-3-1)32-23-26-43-42(27-32)47-37-15-4-5-16-38(37)48-39-17-7-9-20-46(39)53-50(48)49(47)51(43)34-24-21-31(22-25-34)35-18-10-13-33-28-41-36-14-6-8-19-44(36)52-45(41)29-40(33)35/h1-29H. The summed E-state index contributed by atoms with van der Waals surface area (Å²) in [5, 5.41) is 12.5. The maximum Gasteiger partial charge on any atom is 0.136 e. The van der Waals surface area contributed by atoms with Crippen LogP contribution in [-0.4, -0.2) is 4.57 Å². The first-order valence-electron chi connectivity index (χ1n) is 18.1. The van der Waals surface area contributed by atoms with Crippen molar-refractivity contribution >= 4 is 96.8 Å². The van der Waals surface area contributed by atoms with Gasteiger partial charge in [-0.05, 0) is 92.3 Å². The van der Waals surface area contributed by atoms with Crippen molar-refractivity contribution in [1.82, 2.24) is 4.57 Å². The number of fused-ring (bicyclic) bond motifs is 14. The molecule has 9 aromatic carbocycles. The Labute approximate surface area is 308 Å². The number of para-hydroxylation sites is 1. The number of nitrogens with zero attached hydrogens (tertiary/aromatic N) is 1. The summed E-state index contributed by atoms with van der Waals surface area (Å²) in [6.45, 7) is 0. The van der Waals surface area contributed by atoms with Crippen molar-refractivity contribution in [1.29, 1.82) is 0 Å². The van der Waals surface area contributed by atoms with Crippen LogP contribution < -0.4 is 0 Å². The number of hydrogen-bond donors (Lipinski definition) is 0. The van der Waals surface area contributed by atoms with Crippen LogP contribution in [-0.2, 0) is 0 Å². The minimum atomic E-state index is 0.919. The van der Waals surface area contributed by atoms with Gasteiger partial charge in [0.2, 0.25) is 0 Å². The average molecular weight is 692 g/mol. The molecule has 0 atom stereocenters. The second-order valence-corrected chi connectivity index (χ2v) is 15.1. The molecule has 12 aromatic rings. The lowest BCUT2D eigenvalue weighted by Gasteiger charge is -2.12. The zero-order valence-corrected chi connectivity index (χ0v) is 29.3. The molecule has 0 aliphatic rings. The van der Waals surface area contributed by atoms with E-state index in [-0.39, 0.29) is 0 Å². The minimum Gasteiger partial charge on any atom is -0.456 e. The van der Waals surface area contributed by atoms with Gasteiger partial charge < -0.3 is 8.98 Å². The predicted molar refractivity (Wildman–Crippen MR) is 227 cm³/mol. The Morgan fingerprint density at radius 3 is 1.98 bits per heavy atom. The maximum absolute atomic E-state index is 6.32. The topological polar surface area (TPSA) is 18.1 Å². The predicted octanol–water partition coefficient (Wildman–Crippen LogP) is 14.7. The van der Waals surface area contributed by atoms with E-state index in [1.807, 2.05) is 23.5 Å². The molecule has 0 radical (unpaired) electrons. The molecule has 0 aliphatic heterocycles. The van der Waals surface area contributed by atoms with Crippen molar-refractivity contribution in [3.63, 3.8) is 0 Å². The smallest absolute Gasteiger partial charge is 0.136 e. The van der Waals surface area contributed by atoms with Crippen LogP contribution >= 0.6 is 11.3 Å². The fraction of sp³-hybridized carbons (Fsp3) is 0. The first-order valence-corrected chi connectivity index (χ1v) is 18.9. The summed E-state index contributed by atoms with van der Waals surface area (Å²) in [6.07, 6.45) is 0. The first kappa shape index (κ1) is 29.0. The van der Waals surface area contributed by atoms with E-state index in [0.29, 0.717) is 0 Å². The molecular weight excluding hydrogens is 663 g/mol. The third-order valence-electron chi connectivity index (χ3n) is 11.2. The zero-order chi connectivity index (χ0) is 34.6. The molecule has 12 rings (SSSR count). The van der Waals surface area contributed by atoms with Crippen LogP contribution in [0.25, 0.3) is 113 Å². The van der Waals surface area contributed by atoms with Crippen LogP contribution in [0.5, 0.6) is 0 Å². The van der Waals surface area contributed by atoms with Gasteiger partial charge in [0.05, 0.1) is 15.7 Å². The van der Waals surface area contributed by atoms with Gasteiger partial charge in [-0.1, -0.05) is 127 Å². The summed E-state index contributed by atoms with van der Waals surface area (Å²) < 4.78 is 11.5. The van der Waals surface area contributed by atoms with Gasteiger partial charge in [-0.3, -0.25) is 0 Å². The van der Waals surface area contributed by atoms with Crippen LogP contribution in [0.4, 0.5) is 0 Å². The molecule has 2 nitrogen and oxygen atoms in total. The highest BCUT2D eigenvalue weighted by Crippen LogP contribution is 2.48. The van der Waals surface area contributed by atoms with Crippen LogP contribution in [0.1, 0.15) is 0 Å². The van der Waals surface area contributed by atoms with Gasteiger partial charge in [0.1, 0.15) is 11.2 Å². The molecule has 0 saturated heterocycles. The van der Waals surface area contributed by atoms with Gasteiger partial charge >= 0.3 is 0 Å². The zero-order valence-electron chi connectivity index (χ0n) is 28.5. The van der Waals surface area contributed by atoms with Crippen molar-refractivity contribution < 1.29 is 4.42 Å². The van der Waals surface area contributed by atoms with Crippen LogP contribution in [0, 0.1) is 0 Å². The molecule has 3 heteroatoms. The van der Waals surface area contributed by atoms with Crippen LogP contribution in [0.3, 0.4) is 0 Å². The van der Waals surface area contributed by atoms with Gasteiger partial charge in [0.15, 0.2) is 0 Å². The molecule has 3 aromatic heterocycles. The Hall–Kier alpha value is -6.68. The molecule has 3 heterocycles. The lowest BCUT2D eigenvalue weighted by molar-refractivity contribution is 0.669. The second-order valence-electron chi connectivity index (χ2n) is 14.0. The quantitative estimate of drug-likeness (QED) is 0.180. The van der Waals surface area contributed by atoms with E-state index in [4.69, 9.17) is 4.42 Å². The lowest BCUT2D eigenvalue weighted by Crippen LogP contribution is -1.94. The van der Waals surface area contributed by atoms with Crippen LogP contribution in [0.15, 0.2) is 180 Å². The maximum atomic E-state index is 6.32. The molecule has 0 fully saturated rings. The molecule has 0 amide bonds. The van der Waals surface area contributed by atoms with Crippen LogP contribution in [0.2, 0.25) is 0 Å². The van der Waals surface area contributed by atoms with E-state index >= 15 is 0 Å². The summed E-state index contributed by atoms with van der Waals surface area (Å²) in [5.74, 6) is 0. The summed E-state index contributed by atoms with van der Waals surface area (Å²) in [6, 6.07) is 64.1. The van der Waals surface area contributed by atoms with Gasteiger partial charge in [-0.15, -0.1) is 11.3 Å². The van der Waals surface area contributed by atoms with Gasteiger partial charge in [-0.25, -0.2) is 0 Å². The molecule has 0 bridgehead atoms. The number of rotatable bonds is 3. The Bertz CT molecular complexity index is 3440. The van der Waals surface area contributed by atoms with Crippen molar-refractivity contribution in [2.24, 2.45) is 0 Å². The van der Waals surface area contributed by atoms with E-state index in [9.17, 15) is 0 Å². The molecular formula is C50H29NOS. The van der Waals surface area contributed by atoms with Crippen molar-refractivity contribution in [3.05, 3.63) is 176 Å². The summed E-state index contributed by atoms with van der Waals surface area (Å²) in [4.78, 5) is 0. The summed E-state index contributed by atoms with van der Waals surface area (Å²) >= 11 is 1.90. The normalized spacial score (nSPS) is 12.2. The van der Waals surface area contributed by atoms with E-state index in [2.05, 4.69) is 168 Å². The third-order valence-corrected chi connectivity index (χ3v) is 12.3. The minimum absolute atomic E-state index is 0.919. The summed E-state index contributed by atoms with van der Waals surface area (Å²) in [7, 11) is 0. The summed E-state index contributed by atoms with van der Waals surface area (Å²) in [5.41, 5.74) is 10.3. The SMILES string of the molecule is c1ccc(-c2ccc3c(c2)c2c4ccccc4c4c5ccccc5sc4c2n3-c2ccc(-c3cccc4cc5c(cc34)oc3ccccc35)cc2)cc1. The lowest BCUT2D eigenvalue weighted by atomic mass is 9.96. The van der Waals surface area contributed by atoms with E-state index in [1.54, 1.807) is 0 Å². The highest BCUT2D eigenvalue weighted by Gasteiger charge is 2.22. The third kappa shape index (κ3) is 4.14. The van der Waals surface area contributed by atoms with Gasteiger partial charge in [0, 0.05) is 42.7 Å². The van der Waals surface area contributed by atoms with Crippen molar-refractivity contribution in [3.8, 4) is 27.9 Å². The Morgan fingerprint density at radius 2 is 1.13 bits per heavy atom. The van der Waals surface area contributed by atoms with E-state index < -0.39 is 0 Å². The number of furan rings is 1. The highest BCUT2D eigenvalue weighted by atomic mass is 32.1. The van der Waals surface area contributed by atoms with E-state index in [1.165, 1.54) is 85.8 Å². The molecule has 0 N–H and O–H groups in total. The first-order chi connectivity index (χ1) is 26.3.